The van der Waals surface area contributed by atoms with Gasteiger partial charge in [-0.2, -0.15) is 5.26 Å². The van der Waals surface area contributed by atoms with E-state index in [4.69, 9.17) is 4.74 Å². The lowest BCUT2D eigenvalue weighted by Gasteiger charge is -2.39. The predicted octanol–water partition coefficient (Wildman–Crippen LogP) is 2.04. The van der Waals surface area contributed by atoms with Crippen molar-refractivity contribution in [2.24, 2.45) is 5.41 Å². The van der Waals surface area contributed by atoms with Gasteiger partial charge in [0.1, 0.15) is 11.9 Å². The van der Waals surface area contributed by atoms with Crippen molar-refractivity contribution in [3.05, 3.63) is 22.9 Å². The summed E-state index contributed by atoms with van der Waals surface area (Å²) < 4.78 is 5.14. The van der Waals surface area contributed by atoms with Gasteiger partial charge in [-0.05, 0) is 44.7 Å². The Balaban J connectivity index is 1.83. The fraction of sp³-hybridized carbons (Fsp3) is 0.632. The fourth-order valence-electron chi connectivity index (χ4n) is 4.01. The molecule has 0 aromatic carbocycles. The highest BCUT2D eigenvalue weighted by Crippen LogP contribution is 2.41. The molecule has 0 N–H and O–H groups in total. The Morgan fingerprint density at radius 2 is 2.16 bits per heavy atom. The van der Waals surface area contributed by atoms with E-state index in [-0.39, 0.29) is 11.3 Å². The largest absolute Gasteiger partial charge is 0.383 e. The van der Waals surface area contributed by atoms with Crippen molar-refractivity contribution in [2.75, 3.05) is 44.8 Å². The Hall–Kier alpha value is -2.13. The van der Waals surface area contributed by atoms with Crippen LogP contribution in [0.5, 0.6) is 0 Å². The molecule has 134 valence electrons. The SMILES string of the molecule is COCCN1CCC[C@@]2(CCN(c3nc(C)c(C)cc3C#N)C2)C1=O. The van der Waals surface area contributed by atoms with Crippen LogP contribution in [-0.2, 0) is 9.53 Å². The van der Waals surface area contributed by atoms with Gasteiger partial charge >= 0.3 is 0 Å². The van der Waals surface area contributed by atoms with Gasteiger partial charge in [-0.15, -0.1) is 0 Å². The van der Waals surface area contributed by atoms with E-state index >= 15 is 0 Å². The Morgan fingerprint density at radius 1 is 1.36 bits per heavy atom. The number of carbonyl (C=O) groups is 1. The molecular formula is C19H26N4O2. The van der Waals surface area contributed by atoms with Gasteiger partial charge in [-0.1, -0.05) is 0 Å². The van der Waals surface area contributed by atoms with Crippen LogP contribution in [0.3, 0.4) is 0 Å². The monoisotopic (exact) mass is 342 g/mol. The average molecular weight is 342 g/mol. The molecule has 2 saturated heterocycles. The van der Waals surface area contributed by atoms with Crippen LogP contribution >= 0.6 is 0 Å². The quantitative estimate of drug-likeness (QED) is 0.837. The molecule has 2 aliphatic rings. The number of aryl methyl sites for hydroxylation is 2. The molecule has 1 spiro atoms. The number of rotatable bonds is 4. The first-order valence-electron chi connectivity index (χ1n) is 8.92. The van der Waals surface area contributed by atoms with Crippen molar-refractivity contribution in [1.82, 2.24) is 9.88 Å². The lowest BCUT2D eigenvalue weighted by Crippen LogP contribution is -2.51. The van der Waals surface area contributed by atoms with Crippen LogP contribution in [0.4, 0.5) is 5.82 Å². The summed E-state index contributed by atoms with van der Waals surface area (Å²) >= 11 is 0. The molecular weight excluding hydrogens is 316 g/mol. The molecule has 1 atom stereocenters. The molecule has 3 heterocycles. The zero-order chi connectivity index (χ0) is 18.0. The maximum absolute atomic E-state index is 13.1. The van der Waals surface area contributed by atoms with Crippen LogP contribution in [0, 0.1) is 30.6 Å². The van der Waals surface area contributed by atoms with Crippen molar-refractivity contribution in [1.29, 1.82) is 5.26 Å². The third-order valence-electron chi connectivity index (χ3n) is 5.61. The van der Waals surface area contributed by atoms with Crippen LogP contribution in [0.15, 0.2) is 6.07 Å². The molecule has 1 aromatic rings. The van der Waals surface area contributed by atoms with Gasteiger partial charge in [0.25, 0.3) is 0 Å². The van der Waals surface area contributed by atoms with E-state index in [9.17, 15) is 10.1 Å². The number of carbonyl (C=O) groups excluding carboxylic acids is 1. The number of piperidine rings is 1. The molecule has 3 rings (SSSR count). The highest BCUT2D eigenvalue weighted by molar-refractivity contribution is 5.85. The number of ether oxygens (including phenoxy) is 1. The number of aromatic nitrogens is 1. The van der Waals surface area contributed by atoms with Gasteiger partial charge in [0.2, 0.25) is 5.91 Å². The molecule has 2 fully saturated rings. The first-order valence-corrected chi connectivity index (χ1v) is 8.92. The Morgan fingerprint density at radius 3 is 2.88 bits per heavy atom. The third-order valence-corrected chi connectivity index (χ3v) is 5.61. The van der Waals surface area contributed by atoms with E-state index in [1.54, 1.807) is 7.11 Å². The second-order valence-corrected chi connectivity index (χ2v) is 7.21. The number of nitrogens with zero attached hydrogens (tertiary/aromatic N) is 4. The summed E-state index contributed by atoms with van der Waals surface area (Å²) in [5.74, 6) is 0.963. The third kappa shape index (κ3) is 3.21. The maximum Gasteiger partial charge on any atom is 0.230 e. The minimum atomic E-state index is -0.334. The molecule has 0 radical (unpaired) electrons. The van der Waals surface area contributed by atoms with Crippen molar-refractivity contribution in [3.63, 3.8) is 0 Å². The molecule has 1 amide bonds. The van der Waals surface area contributed by atoms with Crippen molar-refractivity contribution in [3.8, 4) is 6.07 Å². The molecule has 2 aliphatic heterocycles. The van der Waals surface area contributed by atoms with Crippen molar-refractivity contribution < 1.29 is 9.53 Å². The first kappa shape index (κ1) is 17.7. The fourth-order valence-corrected chi connectivity index (χ4v) is 4.01. The second kappa shape index (κ2) is 7.01. The van der Waals surface area contributed by atoms with Crippen LogP contribution in [-0.4, -0.2) is 55.7 Å². The van der Waals surface area contributed by atoms with E-state index in [1.807, 2.05) is 24.8 Å². The van der Waals surface area contributed by atoms with Crippen LogP contribution in [0.2, 0.25) is 0 Å². The lowest BCUT2D eigenvalue weighted by molar-refractivity contribution is -0.145. The Kier molecular flexibility index (Phi) is 4.96. The highest BCUT2D eigenvalue weighted by atomic mass is 16.5. The van der Waals surface area contributed by atoms with Gasteiger partial charge in [0.05, 0.1) is 17.6 Å². The van der Waals surface area contributed by atoms with Gasteiger partial charge < -0.3 is 14.5 Å². The smallest absolute Gasteiger partial charge is 0.230 e. The zero-order valence-corrected chi connectivity index (χ0v) is 15.3. The van der Waals surface area contributed by atoms with E-state index in [0.29, 0.717) is 25.3 Å². The maximum atomic E-state index is 13.1. The summed E-state index contributed by atoms with van der Waals surface area (Å²) in [7, 11) is 1.66. The molecule has 6 heteroatoms. The van der Waals surface area contributed by atoms with Crippen molar-refractivity contribution in [2.45, 2.75) is 33.1 Å². The molecule has 0 unspecified atom stereocenters. The Labute approximate surface area is 149 Å². The minimum Gasteiger partial charge on any atom is -0.383 e. The van der Waals surface area contributed by atoms with Gasteiger partial charge in [0, 0.05) is 39.0 Å². The van der Waals surface area contributed by atoms with Gasteiger partial charge in [0.15, 0.2) is 0 Å². The molecule has 6 nitrogen and oxygen atoms in total. The summed E-state index contributed by atoms with van der Waals surface area (Å²) in [6.45, 7) is 7.40. The molecule has 0 bridgehead atoms. The number of likely N-dealkylation sites (tertiary alicyclic amines) is 1. The summed E-state index contributed by atoms with van der Waals surface area (Å²) in [6.07, 6.45) is 2.77. The zero-order valence-electron chi connectivity index (χ0n) is 15.3. The van der Waals surface area contributed by atoms with Crippen LogP contribution < -0.4 is 4.90 Å². The highest BCUT2D eigenvalue weighted by Gasteiger charge is 2.48. The summed E-state index contributed by atoms with van der Waals surface area (Å²) in [5.41, 5.74) is 2.22. The molecule has 0 saturated carbocycles. The molecule has 1 aromatic heterocycles. The normalized spacial score (nSPS) is 23.4. The van der Waals surface area contributed by atoms with E-state index in [0.717, 1.165) is 49.4 Å². The summed E-state index contributed by atoms with van der Waals surface area (Å²) in [5, 5.41) is 9.48. The standard InChI is InChI=1S/C19H26N4O2/c1-14-11-16(12-20)17(21-15(14)2)23-8-6-19(13-23)5-4-7-22(18(19)24)9-10-25-3/h11H,4-10,13H2,1-3H3/t19-/m0/s1. The molecule has 25 heavy (non-hydrogen) atoms. The average Bonchev–Trinajstić information content (AvgIpc) is 3.03. The number of hydrogen-bond acceptors (Lipinski definition) is 5. The second-order valence-electron chi connectivity index (χ2n) is 7.21. The number of pyridine rings is 1. The van der Waals surface area contributed by atoms with Gasteiger partial charge in [-0.3, -0.25) is 4.79 Å². The minimum absolute atomic E-state index is 0.237. The Bertz CT molecular complexity index is 712. The number of hydrogen-bond donors (Lipinski definition) is 0. The van der Waals surface area contributed by atoms with Crippen molar-refractivity contribution >= 4 is 11.7 Å². The van der Waals surface area contributed by atoms with E-state index in [2.05, 4.69) is 16.0 Å². The lowest BCUT2D eigenvalue weighted by atomic mass is 9.78. The van der Waals surface area contributed by atoms with Gasteiger partial charge in [-0.25, -0.2) is 4.98 Å². The summed E-state index contributed by atoms with van der Waals surface area (Å²) in [4.78, 5) is 21.8. The number of amides is 1. The number of methoxy groups -OCH3 is 1. The van der Waals surface area contributed by atoms with E-state index < -0.39 is 0 Å². The van der Waals surface area contributed by atoms with Crippen LogP contribution in [0.1, 0.15) is 36.1 Å². The topological polar surface area (TPSA) is 69.5 Å². The summed E-state index contributed by atoms with van der Waals surface area (Å²) in [6, 6.07) is 4.16. The number of nitriles is 1. The first-order chi connectivity index (χ1) is 12.0. The predicted molar refractivity (Wildman–Crippen MR) is 95.4 cm³/mol. The van der Waals surface area contributed by atoms with E-state index in [1.165, 1.54) is 0 Å². The number of anilines is 1. The molecule has 0 aliphatic carbocycles. The van der Waals surface area contributed by atoms with Crippen LogP contribution in [0.25, 0.3) is 0 Å².